The Labute approximate surface area is 302 Å². The van der Waals surface area contributed by atoms with Gasteiger partial charge in [0.2, 0.25) is 0 Å². The molecule has 8 aromatic rings. The molecule has 8 rings (SSSR count). The van der Waals surface area contributed by atoms with Crippen LogP contribution in [0, 0.1) is 24.0 Å². The average molecular weight is 818 g/mol. The second-order valence-electron chi connectivity index (χ2n) is 13.1. The van der Waals surface area contributed by atoms with Crippen LogP contribution in [0.1, 0.15) is 38.8 Å². The Morgan fingerprint density at radius 2 is 1.39 bits per heavy atom. The van der Waals surface area contributed by atoms with Crippen LogP contribution in [0.4, 0.5) is 0 Å². The standard InChI is InChI=1S/C33H31N2O.C11H8N.Ir/c1-21(2)19-23-11-9-12-24(20-22(3)4)31(23)35-29-17-7-6-16-28(29)34-33(35)27-15-10-14-26-25-13-5-8-18-30(25)36-32(26)27;1-2-6-10(7-3-1)11-8-4-5-9-12-11;/h5-14,16-18,21-22H,19-20H2,1-4H3;1-6,8-9H;/q2*-1;. The molecule has 0 atom stereocenters. The van der Waals surface area contributed by atoms with Gasteiger partial charge in [0.05, 0.1) is 22.4 Å². The van der Waals surface area contributed by atoms with E-state index in [-0.39, 0.29) is 20.1 Å². The van der Waals surface area contributed by atoms with Crippen LogP contribution in [0.3, 0.4) is 0 Å². The van der Waals surface area contributed by atoms with Crippen LogP contribution in [-0.4, -0.2) is 14.5 Å². The summed E-state index contributed by atoms with van der Waals surface area (Å²) >= 11 is 0. The minimum absolute atomic E-state index is 0. The molecule has 0 spiro atoms. The number of hydrogen-bond acceptors (Lipinski definition) is 3. The third-order valence-corrected chi connectivity index (χ3v) is 8.46. The van der Waals surface area contributed by atoms with Crippen molar-refractivity contribution in [2.24, 2.45) is 11.8 Å². The number of aromatic nitrogens is 3. The van der Waals surface area contributed by atoms with Crippen molar-refractivity contribution in [3.63, 3.8) is 0 Å². The van der Waals surface area contributed by atoms with Gasteiger partial charge in [-0.25, -0.2) is 0 Å². The third-order valence-electron chi connectivity index (χ3n) is 8.46. The van der Waals surface area contributed by atoms with E-state index in [0.29, 0.717) is 11.8 Å². The van der Waals surface area contributed by atoms with E-state index in [1.165, 1.54) is 16.8 Å². The first-order valence-electron chi connectivity index (χ1n) is 16.8. The largest absolute Gasteiger partial charge is 0.501 e. The summed E-state index contributed by atoms with van der Waals surface area (Å²) in [7, 11) is 0. The van der Waals surface area contributed by atoms with Gasteiger partial charge in [0.1, 0.15) is 5.58 Å². The van der Waals surface area contributed by atoms with Gasteiger partial charge in [-0.1, -0.05) is 99.3 Å². The number of benzene rings is 5. The monoisotopic (exact) mass is 818 g/mol. The first-order valence-corrected chi connectivity index (χ1v) is 16.8. The Hall–Kier alpha value is -4.83. The van der Waals surface area contributed by atoms with E-state index in [1.807, 2.05) is 60.7 Å². The number of nitrogens with zero attached hydrogens (tertiary/aromatic N) is 3. The van der Waals surface area contributed by atoms with Crippen LogP contribution in [0.15, 0.2) is 132 Å². The van der Waals surface area contributed by atoms with Crippen LogP contribution in [0.2, 0.25) is 0 Å². The molecular formula is C44H39IrN3O-2. The summed E-state index contributed by atoms with van der Waals surface area (Å²) in [6, 6.07) is 47.8. The molecule has 0 unspecified atom stereocenters. The molecule has 3 heterocycles. The summed E-state index contributed by atoms with van der Waals surface area (Å²) in [5, 5.41) is 2.21. The summed E-state index contributed by atoms with van der Waals surface area (Å²) in [5.74, 6) is 1.96. The van der Waals surface area contributed by atoms with E-state index >= 15 is 0 Å². The number of fused-ring (bicyclic) bond motifs is 4. The maximum absolute atomic E-state index is 6.43. The van der Waals surface area contributed by atoms with Crippen LogP contribution in [-0.2, 0) is 32.9 Å². The first-order chi connectivity index (χ1) is 23.5. The van der Waals surface area contributed by atoms with Crippen molar-refractivity contribution >= 4 is 33.0 Å². The van der Waals surface area contributed by atoms with Crippen molar-refractivity contribution in [1.29, 1.82) is 0 Å². The molecule has 0 fully saturated rings. The Bertz CT molecular complexity index is 2240. The molecule has 0 bridgehead atoms. The van der Waals surface area contributed by atoms with Gasteiger partial charge in [-0.05, 0) is 65.8 Å². The number of imidazole rings is 1. The Morgan fingerprint density at radius 3 is 2.10 bits per heavy atom. The van der Waals surface area contributed by atoms with Gasteiger partial charge in [-0.3, -0.25) is 4.98 Å². The van der Waals surface area contributed by atoms with E-state index in [1.54, 1.807) is 6.20 Å². The van der Waals surface area contributed by atoms with Crippen molar-refractivity contribution in [2.45, 2.75) is 40.5 Å². The van der Waals surface area contributed by atoms with E-state index in [4.69, 9.17) is 9.40 Å². The quantitative estimate of drug-likeness (QED) is 0.151. The average Bonchev–Trinajstić information content (AvgIpc) is 3.68. The predicted molar refractivity (Wildman–Crippen MR) is 198 cm³/mol. The number of para-hydroxylation sites is 4. The molecule has 1 radical (unpaired) electrons. The second kappa shape index (κ2) is 15.2. The molecule has 49 heavy (non-hydrogen) atoms. The molecule has 4 nitrogen and oxygen atoms in total. The Morgan fingerprint density at radius 1 is 0.673 bits per heavy atom. The van der Waals surface area contributed by atoms with Gasteiger partial charge in [-0.15, -0.1) is 54.1 Å². The first kappa shape index (κ1) is 34.0. The van der Waals surface area contributed by atoms with Crippen LogP contribution < -0.4 is 0 Å². The zero-order chi connectivity index (χ0) is 33.0. The van der Waals surface area contributed by atoms with Crippen molar-refractivity contribution in [2.75, 3.05) is 0 Å². The van der Waals surface area contributed by atoms with Gasteiger partial charge in [0.15, 0.2) is 0 Å². The van der Waals surface area contributed by atoms with Gasteiger partial charge < -0.3 is 14.0 Å². The predicted octanol–water partition coefficient (Wildman–Crippen LogP) is 11.3. The third kappa shape index (κ3) is 7.15. The summed E-state index contributed by atoms with van der Waals surface area (Å²) in [6.45, 7) is 9.15. The van der Waals surface area contributed by atoms with Gasteiger partial charge in [0, 0.05) is 37.4 Å². The molecule has 3 aromatic heterocycles. The van der Waals surface area contributed by atoms with Gasteiger partial charge in [-0.2, -0.15) is 0 Å². The fourth-order valence-corrected chi connectivity index (χ4v) is 6.49. The molecule has 0 aliphatic carbocycles. The van der Waals surface area contributed by atoms with E-state index in [9.17, 15) is 0 Å². The van der Waals surface area contributed by atoms with Gasteiger partial charge in [0.25, 0.3) is 0 Å². The molecule has 0 amide bonds. The summed E-state index contributed by atoms with van der Waals surface area (Å²) < 4.78 is 8.79. The van der Waals surface area contributed by atoms with Crippen molar-refractivity contribution in [3.05, 3.63) is 151 Å². The Kier molecular flexibility index (Phi) is 10.5. The SMILES string of the molecule is CC(C)Cc1cccc(CC(C)C)c1-n1c(-c2[c-]ccc3c2oc2ccccc23)nc2ccccc21.[Ir].[c-]1ccccc1-c1ccccn1. The molecule has 247 valence electrons. The van der Waals surface area contributed by atoms with Crippen LogP contribution in [0.25, 0.3) is 61.3 Å². The number of rotatable bonds is 7. The van der Waals surface area contributed by atoms with Crippen molar-refractivity contribution < 1.29 is 24.5 Å². The van der Waals surface area contributed by atoms with E-state index in [0.717, 1.165) is 68.5 Å². The molecule has 0 aliphatic rings. The normalized spacial score (nSPS) is 11.2. The number of pyridine rings is 1. The maximum Gasteiger partial charge on any atom is 0.120 e. The van der Waals surface area contributed by atoms with E-state index < -0.39 is 0 Å². The molecule has 0 N–H and O–H groups in total. The van der Waals surface area contributed by atoms with Crippen molar-refractivity contribution in [1.82, 2.24) is 14.5 Å². The molecule has 0 aliphatic heterocycles. The maximum atomic E-state index is 6.43. The molecule has 5 heteroatoms. The van der Waals surface area contributed by atoms with Gasteiger partial charge >= 0.3 is 0 Å². The van der Waals surface area contributed by atoms with E-state index in [2.05, 4.69) is 110 Å². The fraction of sp³-hybridized carbons (Fsp3) is 0.182. The minimum Gasteiger partial charge on any atom is -0.501 e. The molecule has 0 saturated heterocycles. The second-order valence-corrected chi connectivity index (χ2v) is 13.1. The zero-order valence-electron chi connectivity index (χ0n) is 28.3. The zero-order valence-corrected chi connectivity index (χ0v) is 30.7. The Balaban J connectivity index is 0.000000270. The molecule has 0 saturated carbocycles. The molecule has 5 aromatic carbocycles. The fourth-order valence-electron chi connectivity index (χ4n) is 6.49. The number of hydrogen-bond donors (Lipinski definition) is 0. The minimum atomic E-state index is 0. The summed E-state index contributed by atoms with van der Waals surface area (Å²) in [6.07, 6.45) is 3.80. The van der Waals surface area contributed by atoms with Crippen molar-refractivity contribution in [3.8, 4) is 28.3 Å². The van der Waals surface area contributed by atoms with Crippen LogP contribution in [0.5, 0.6) is 0 Å². The topological polar surface area (TPSA) is 43.9 Å². The smallest absolute Gasteiger partial charge is 0.120 e. The van der Waals surface area contributed by atoms with Crippen LogP contribution >= 0.6 is 0 Å². The number of furan rings is 1. The molecular weight excluding hydrogens is 779 g/mol. The summed E-state index contributed by atoms with van der Waals surface area (Å²) in [5.41, 5.74) is 10.7. The summed E-state index contributed by atoms with van der Waals surface area (Å²) in [4.78, 5) is 9.41.